The molecule has 1 aliphatic rings. The second kappa shape index (κ2) is 3.88. The number of likely N-dealkylation sites (N-methyl/N-ethyl adjacent to an activating group) is 1. The fraction of sp³-hybridized carbons (Fsp3) is 0.417. The number of rotatable bonds is 3. The van der Waals surface area contributed by atoms with Crippen LogP contribution in [-0.2, 0) is 6.42 Å². The number of amidine groups is 1. The fourth-order valence-electron chi connectivity index (χ4n) is 2.15. The molecule has 2 rings (SSSR count). The predicted octanol–water partition coefficient (Wildman–Crippen LogP) is 1.96. The van der Waals surface area contributed by atoms with E-state index < -0.39 is 0 Å². The van der Waals surface area contributed by atoms with Crippen LogP contribution in [-0.4, -0.2) is 24.6 Å². The second-order valence-corrected chi connectivity index (χ2v) is 4.09. The molecule has 1 unspecified atom stereocenters. The molecule has 0 fully saturated rings. The van der Waals surface area contributed by atoms with Gasteiger partial charge in [0, 0.05) is 0 Å². The lowest BCUT2D eigenvalue weighted by Gasteiger charge is -2.25. The second-order valence-electron chi connectivity index (χ2n) is 4.09. The first kappa shape index (κ1) is 11.1. The van der Waals surface area contributed by atoms with E-state index in [2.05, 4.69) is 11.9 Å². The molecule has 0 saturated carbocycles. The molecule has 0 aliphatic carbocycles. The van der Waals surface area contributed by atoms with Crippen LogP contribution in [0, 0.1) is 6.92 Å². The molecule has 0 radical (unpaired) electrons. The molecule has 4 nitrogen and oxygen atoms in total. The molecule has 0 aromatic carbocycles. The van der Waals surface area contributed by atoms with Crippen molar-refractivity contribution in [1.82, 2.24) is 4.48 Å². The van der Waals surface area contributed by atoms with E-state index in [-0.39, 0.29) is 6.61 Å². The highest BCUT2D eigenvalue weighted by molar-refractivity contribution is 5.97. The third kappa shape index (κ3) is 1.42. The molecule has 0 saturated heterocycles. The van der Waals surface area contributed by atoms with Crippen molar-refractivity contribution in [2.45, 2.75) is 20.3 Å². The Morgan fingerprint density at radius 2 is 2.25 bits per heavy atom. The first-order chi connectivity index (χ1) is 7.63. The first-order valence-electron chi connectivity index (χ1n) is 5.43. The largest absolute Gasteiger partial charge is 0.463 e. The number of quaternary nitrogens is 1. The van der Waals surface area contributed by atoms with E-state index in [4.69, 9.17) is 4.42 Å². The van der Waals surface area contributed by atoms with Crippen LogP contribution in [0.5, 0.6) is 0 Å². The molecule has 16 heavy (non-hydrogen) atoms. The molecular formula is C12H17N2O2+. The predicted molar refractivity (Wildman–Crippen MR) is 64.2 cm³/mol. The number of aliphatic hydroxyl groups is 1. The van der Waals surface area contributed by atoms with Gasteiger partial charge in [-0.1, -0.05) is 6.92 Å². The van der Waals surface area contributed by atoms with E-state index >= 15 is 0 Å². The lowest BCUT2D eigenvalue weighted by molar-refractivity contribution is 0.344. The van der Waals surface area contributed by atoms with E-state index in [0.717, 1.165) is 23.7 Å². The van der Waals surface area contributed by atoms with Crippen molar-refractivity contribution >= 4 is 11.5 Å². The van der Waals surface area contributed by atoms with Crippen molar-refractivity contribution in [1.29, 1.82) is 0 Å². The van der Waals surface area contributed by atoms with E-state index in [1.54, 1.807) is 12.5 Å². The smallest absolute Gasteiger partial charge is 0.238 e. The van der Waals surface area contributed by atoms with Gasteiger partial charge in [0.25, 0.3) is 0 Å². The van der Waals surface area contributed by atoms with Gasteiger partial charge in [-0.25, -0.2) is 9.48 Å². The summed E-state index contributed by atoms with van der Waals surface area (Å²) in [6.45, 7) is 4.02. The zero-order valence-electron chi connectivity index (χ0n) is 9.90. The van der Waals surface area contributed by atoms with Crippen LogP contribution in [0.3, 0.4) is 0 Å². The van der Waals surface area contributed by atoms with Crippen LogP contribution in [0.15, 0.2) is 28.1 Å². The van der Waals surface area contributed by atoms with Crippen molar-refractivity contribution in [3.63, 3.8) is 0 Å². The van der Waals surface area contributed by atoms with Crippen LogP contribution < -0.4 is 4.48 Å². The average molecular weight is 221 g/mol. The number of nitrogens with zero attached hydrogens (tertiary/aromatic N) is 2. The molecule has 0 spiro atoms. The van der Waals surface area contributed by atoms with E-state index in [1.807, 2.05) is 20.2 Å². The normalized spacial score (nSPS) is 23.9. The van der Waals surface area contributed by atoms with Gasteiger partial charge in [-0.2, -0.15) is 0 Å². The maximum absolute atomic E-state index is 9.32. The maximum Gasteiger partial charge on any atom is 0.238 e. The number of hydrogen-bond acceptors (Lipinski definition) is 3. The molecular weight excluding hydrogens is 204 g/mol. The van der Waals surface area contributed by atoms with Crippen LogP contribution in [0.4, 0.5) is 5.69 Å². The molecule has 0 amide bonds. The Bertz CT molecular complexity index is 460. The van der Waals surface area contributed by atoms with Gasteiger partial charge in [-0.05, 0) is 13.3 Å². The maximum atomic E-state index is 9.32. The standard InChI is InChI=1S/C12H17N2O2/c1-4-10-9(2)16-8-11(10)14(3)6-5-13-12(14)7-15/h5-6,8,15H,4,7H2,1-3H3/q+1. The Morgan fingerprint density at radius 3 is 2.88 bits per heavy atom. The monoisotopic (exact) mass is 221 g/mol. The van der Waals surface area contributed by atoms with Gasteiger partial charge in [0.2, 0.25) is 5.84 Å². The summed E-state index contributed by atoms with van der Waals surface area (Å²) in [6.07, 6.45) is 6.36. The van der Waals surface area contributed by atoms with Crippen LogP contribution in [0.25, 0.3) is 0 Å². The molecule has 1 aromatic heterocycles. The SMILES string of the molecule is CCc1c([N+]2(C)C=CN=C2CO)coc1C. The number of furan rings is 1. The van der Waals surface area contributed by atoms with E-state index in [0.29, 0.717) is 4.48 Å². The molecule has 1 aliphatic heterocycles. The van der Waals surface area contributed by atoms with Crippen molar-refractivity contribution < 1.29 is 9.52 Å². The van der Waals surface area contributed by atoms with Gasteiger partial charge in [0.1, 0.15) is 18.6 Å². The third-order valence-electron chi connectivity index (χ3n) is 3.20. The summed E-state index contributed by atoms with van der Waals surface area (Å²) in [7, 11) is 2.00. The minimum Gasteiger partial charge on any atom is -0.463 e. The van der Waals surface area contributed by atoms with Crippen molar-refractivity contribution in [3.05, 3.63) is 30.0 Å². The zero-order valence-corrected chi connectivity index (χ0v) is 9.90. The fourth-order valence-corrected chi connectivity index (χ4v) is 2.15. The number of aryl methyl sites for hydroxylation is 1. The van der Waals surface area contributed by atoms with Gasteiger partial charge >= 0.3 is 0 Å². The lowest BCUT2D eigenvalue weighted by Crippen LogP contribution is -2.45. The number of aliphatic imine (C=N–C) groups is 1. The Hall–Kier alpha value is -1.39. The van der Waals surface area contributed by atoms with Crippen LogP contribution in [0.1, 0.15) is 18.2 Å². The Morgan fingerprint density at radius 1 is 1.50 bits per heavy atom. The van der Waals surface area contributed by atoms with Crippen molar-refractivity contribution in [2.75, 3.05) is 13.7 Å². The summed E-state index contributed by atoms with van der Waals surface area (Å²) < 4.78 is 5.88. The lowest BCUT2D eigenvalue weighted by atomic mass is 10.1. The molecule has 86 valence electrons. The van der Waals surface area contributed by atoms with E-state index in [9.17, 15) is 5.11 Å². The molecule has 0 bridgehead atoms. The minimum atomic E-state index is -0.0448. The van der Waals surface area contributed by atoms with Crippen LogP contribution >= 0.6 is 0 Å². The Kier molecular flexibility index (Phi) is 2.69. The van der Waals surface area contributed by atoms with E-state index in [1.165, 1.54) is 5.56 Å². The van der Waals surface area contributed by atoms with Crippen LogP contribution in [0.2, 0.25) is 0 Å². The molecule has 1 aromatic rings. The molecule has 1 N–H and O–H groups in total. The topological polar surface area (TPSA) is 45.7 Å². The molecule has 4 heteroatoms. The van der Waals surface area contributed by atoms with Gasteiger partial charge in [-0.3, -0.25) is 0 Å². The quantitative estimate of drug-likeness (QED) is 0.793. The van der Waals surface area contributed by atoms with Gasteiger partial charge in [0.15, 0.2) is 12.0 Å². The summed E-state index contributed by atoms with van der Waals surface area (Å²) in [6, 6.07) is 0. The summed E-state index contributed by atoms with van der Waals surface area (Å²) >= 11 is 0. The summed E-state index contributed by atoms with van der Waals surface area (Å²) in [5.74, 6) is 1.66. The molecule has 2 heterocycles. The summed E-state index contributed by atoms with van der Waals surface area (Å²) in [4.78, 5) is 4.19. The van der Waals surface area contributed by atoms with Gasteiger partial charge in [-0.15, -0.1) is 0 Å². The van der Waals surface area contributed by atoms with Gasteiger partial charge in [0.05, 0.1) is 18.8 Å². The highest BCUT2D eigenvalue weighted by Gasteiger charge is 2.36. The van der Waals surface area contributed by atoms with Crippen molar-refractivity contribution in [3.8, 4) is 0 Å². The highest BCUT2D eigenvalue weighted by atomic mass is 16.3. The third-order valence-corrected chi connectivity index (χ3v) is 3.20. The Labute approximate surface area is 95.1 Å². The van der Waals surface area contributed by atoms with Gasteiger partial charge < -0.3 is 9.52 Å². The molecule has 1 atom stereocenters. The summed E-state index contributed by atoms with van der Waals surface area (Å²) in [5, 5.41) is 9.32. The highest BCUT2D eigenvalue weighted by Crippen LogP contribution is 2.33. The number of aliphatic hydroxyl groups excluding tert-OH is 1. The first-order valence-corrected chi connectivity index (χ1v) is 5.43. The van der Waals surface area contributed by atoms with Crippen molar-refractivity contribution in [2.24, 2.45) is 4.99 Å². The Balaban J connectivity index is 2.51. The minimum absolute atomic E-state index is 0.0448. The average Bonchev–Trinajstić information content (AvgIpc) is 2.82. The number of hydrogen-bond donors (Lipinski definition) is 1. The summed E-state index contributed by atoms with van der Waals surface area (Å²) in [5.41, 5.74) is 2.25. The zero-order chi connectivity index (χ0) is 11.8.